The molecule has 0 spiro atoms. The predicted molar refractivity (Wildman–Crippen MR) is 133 cm³/mol. The molecule has 178 valence electrons. The first-order chi connectivity index (χ1) is 17.0. The number of benzene rings is 3. The van der Waals surface area contributed by atoms with Gasteiger partial charge in [0.2, 0.25) is 5.91 Å². The van der Waals surface area contributed by atoms with Crippen molar-refractivity contribution in [3.63, 3.8) is 0 Å². The molecule has 0 radical (unpaired) electrons. The normalized spacial score (nSPS) is 13.3. The van der Waals surface area contributed by atoms with Gasteiger partial charge < -0.3 is 9.64 Å². The number of carbonyl (C=O) groups is 1. The Hall–Kier alpha value is -4.00. The van der Waals surface area contributed by atoms with E-state index in [0.29, 0.717) is 35.9 Å². The predicted octanol–water partition coefficient (Wildman–Crippen LogP) is 4.70. The van der Waals surface area contributed by atoms with Crippen molar-refractivity contribution in [1.82, 2.24) is 19.7 Å². The van der Waals surface area contributed by atoms with Gasteiger partial charge in [-0.1, -0.05) is 36.4 Å². The number of aryl methyl sites for hydroxylation is 1. The fourth-order valence-electron chi connectivity index (χ4n) is 4.47. The molecule has 3 aromatic carbocycles. The van der Waals surface area contributed by atoms with E-state index in [-0.39, 0.29) is 18.3 Å². The summed E-state index contributed by atoms with van der Waals surface area (Å²) in [6.45, 7) is 3.08. The van der Waals surface area contributed by atoms with Gasteiger partial charge in [-0.15, -0.1) is 5.10 Å². The van der Waals surface area contributed by atoms with E-state index in [1.54, 1.807) is 30.8 Å². The SMILES string of the molecule is COc1ccc2c(c1)CCN(C(=O)Cn1nc(-c3ccc(F)c(C)c3)nc1-c1ccccc1)CC2. The highest BCUT2D eigenvalue weighted by molar-refractivity contribution is 5.77. The first-order valence-electron chi connectivity index (χ1n) is 11.7. The van der Waals surface area contributed by atoms with Crippen molar-refractivity contribution >= 4 is 5.91 Å². The Morgan fingerprint density at radius 3 is 2.49 bits per heavy atom. The zero-order chi connectivity index (χ0) is 24.4. The van der Waals surface area contributed by atoms with Crippen molar-refractivity contribution in [2.75, 3.05) is 20.2 Å². The first-order valence-corrected chi connectivity index (χ1v) is 11.7. The van der Waals surface area contributed by atoms with Crippen LogP contribution < -0.4 is 4.74 Å². The average Bonchev–Trinajstić information content (AvgIpc) is 3.17. The second kappa shape index (κ2) is 9.70. The average molecular weight is 471 g/mol. The van der Waals surface area contributed by atoms with Crippen molar-refractivity contribution in [1.29, 1.82) is 0 Å². The molecule has 1 aliphatic rings. The summed E-state index contributed by atoms with van der Waals surface area (Å²) in [4.78, 5) is 20.0. The monoisotopic (exact) mass is 470 g/mol. The molecule has 0 unspecified atom stereocenters. The molecule has 0 saturated carbocycles. The number of methoxy groups -OCH3 is 1. The van der Waals surface area contributed by atoms with Crippen LogP contribution in [0.15, 0.2) is 66.7 Å². The third-order valence-electron chi connectivity index (χ3n) is 6.47. The Balaban J connectivity index is 1.41. The molecular formula is C28H27FN4O2. The van der Waals surface area contributed by atoms with Gasteiger partial charge in [-0.2, -0.15) is 0 Å². The van der Waals surface area contributed by atoms with Crippen LogP contribution in [0.25, 0.3) is 22.8 Å². The molecule has 0 saturated heterocycles. The lowest BCUT2D eigenvalue weighted by atomic mass is 10.0. The quantitative estimate of drug-likeness (QED) is 0.424. The zero-order valence-electron chi connectivity index (χ0n) is 19.9. The number of rotatable bonds is 5. The third kappa shape index (κ3) is 4.80. The topological polar surface area (TPSA) is 60.2 Å². The summed E-state index contributed by atoms with van der Waals surface area (Å²) >= 11 is 0. The van der Waals surface area contributed by atoms with Gasteiger partial charge in [-0.05, 0) is 66.8 Å². The Bertz CT molecular complexity index is 1370. The lowest BCUT2D eigenvalue weighted by Gasteiger charge is -2.20. The van der Waals surface area contributed by atoms with Crippen LogP contribution in [0.2, 0.25) is 0 Å². The maximum Gasteiger partial charge on any atom is 0.244 e. The van der Waals surface area contributed by atoms with Crippen molar-refractivity contribution < 1.29 is 13.9 Å². The molecule has 0 aliphatic carbocycles. The van der Waals surface area contributed by atoms with E-state index < -0.39 is 0 Å². The molecule has 1 aliphatic heterocycles. The molecule has 6 nitrogen and oxygen atoms in total. The van der Waals surface area contributed by atoms with Gasteiger partial charge in [0.05, 0.1) is 7.11 Å². The van der Waals surface area contributed by atoms with E-state index in [2.05, 4.69) is 17.2 Å². The van der Waals surface area contributed by atoms with Gasteiger partial charge in [0, 0.05) is 24.2 Å². The minimum absolute atomic E-state index is 0.00584. The number of hydrogen-bond acceptors (Lipinski definition) is 4. The van der Waals surface area contributed by atoms with Crippen LogP contribution in [0.3, 0.4) is 0 Å². The first kappa shape index (κ1) is 22.8. The summed E-state index contributed by atoms with van der Waals surface area (Å²) in [7, 11) is 1.66. The van der Waals surface area contributed by atoms with E-state index in [1.165, 1.54) is 17.2 Å². The summed E-state index contributed by atoms with van der Waals surface area (Å²) in [6.07, 6.45) is 1.58. The van der Waals surface area contributed by atoms with Gasteiger partial charge in [-0.25, -0.2) is 14.1 Å². The van der Waals surface area contributed by atoms with Gasteiger partial charge >= 0.3 is 0 Å². The molecule has 0 bridgehead atoms. The van der Waals surface area contributed by atoms with Gasteiger partial charge in [0.15, 0.2) is 11.6 Å². The van der Waals surface area contributed by atoms with Crippen molar-refractivity contribution in [2.45, 2.75) is 26.3 Å². The van der Waals surface area contributed by atoms with Crippen LogP contribution >= 0.6 is 0 Å². The fraction of sp³-hybridized carbons (Fsp3) is 0.250. The minimum Gasteiger partial charge on any atom is -0.497 e. The van der Waals surface area contributed by atoms with Crippen LogP contribution in [0.5, 0.6) is 5.75 Å². The molecule has 0 atom stereocenters. The van der Waals surface area contributed by atoms with Crippen molar-refractivity contribution in [3.05, 3.63) is 89.2 Å². The second-order valence-corrected chi connectivity index (χ2v) is 8.76. The van der Waals surface area contributed by atoms with E-state index in [0.717, 1.165) is 24.2 Å². The number of aromatic nitrogens is 3. The van der Waals surface area contributed by atoms with Gasteiger partial charge in [-0.3, -0.25) is 4.79 Å². The van der Waals surface area contributed by atoms with Gasteiger partial charge in [0.1, 0.15) is 18.1 Å². The standard InChI is InChI=1S/C28H27FN4O2/c1-19-16-23(9-11-25(19)29)27-30-28(21-6-4-3-5-7-21)33(31-27)18-26(34)32-14-12-20-8-10-24(35-2)17-22(20)13-15-32/h3-11,16-17H,12-15,18H2,1-2H3. The molecular weight excluding hydrogens is 443 g/mol. The van der Waals surface area contributed by atoms with Crippen LogP contribution in [0.1, 0.15) is 16.7 Å². The zero-order valence-corrected chi connectivity index (χ0v) is 19.9. The molecule has 0 fully saturated rings. The molecule has 0 N–H and O–H groups in total. The molecule has 5 rings (SSSR count). The highest BCUT2D eigenvalue weighted by atomic mass is 19.1. The Morgan fingerprint density at radius 1 is 0.971 bits per heavy atom. The lowest BCUT2D eigenvalue weighted by Crippen LogP contribution is -2.36. The largest absolute Gasteiger partial charge is 0.497 e. The molecule has 7 heteroatoms. The van der Waals surface area contributed by atoms with Crippen LogP contribution in [-0.4, -0.2) is 45.8 Å². The molecule has 4 aromatic rings. The maximum atomic E-state index is 13.8. The fourth-order valence-corrected chi connectivity index (χ4v) is 4.47. The summed E-state index contributed by atoms with van der Waals surface area (Å²) < 4.78 is 20.8. The number of ether oxygens (including phenoxy) is 1. The molecule has 1 amide bonds. The smallest absolute Gasteiger partial charge is 0.244 e. The molecule has 35 heavy (non-hydrogen) atoms. The highest BCUT2D eigenvalue weighted by Crippen LogP contribution is 2.25. The lowest BCUT2D eigenvalue weighted by molar-refractivity contribution is -0.131. The number of hydrogen-bond donors (Lipinski definition) is 0. The van der Waals surface area contributed by atoms with E-state index in [1.807, 2.05) is 41.3 Å². The van der Waals surface area contributed by atoms with Crippen LogP contribution in [0.4, 0.5) is 4.39 Å². The summed E-state index contributed by atoms with van der Waals surface area (Å²) in [5.41, 5.74) is 4.58. The van der Waals surface area contributed by atoms with Crippen LogP contribution in [0, 0.1) is 12.7 Å². The number of fused-ring (bicyclic) bond motifs is 1. The summed E-state index contributed by atoms with van der Waals surface area (Å²) in [5, 5.41) is 4.67. The molecule has 2 heterocycles. The number of nitrogens with zero attached hydrogens (tertiary/aromatic N) is 4. The van der Waals surface area contributed by atoms with Crippen molar-refractivity contribution in [3.8, 4) is 28.5 Å². The summed E-state index contributed by atoms with van der Waals surface area (Å²) in [6, 6.07) is 20.6. The number of carbonyl (C=O) groups excluding carboxylic acids is 1. The Labute approximate surface area is 204 Å². The summed E-state index contributed by atoms with van der Waals surface area (Å²) in [5.74, 6) is 1.64. The molecule has 1 aromatic heterocycles. The maximum absolute atomic E-state index is 13.8. The van der Waals surface area contributed by atoms with Gasteiger partial charge in [0.25, 0.3) is 0 Å². The van der Waals surface area contributed by atoms with E-state index in [9.17, 15) is 9.18 Å². The Kier molecular flexibility index (Phi) is 6.31. The highest BCUT2D eigenvalue weighted by Gasteiger charge is 2.22. The van der Waals surface area contributed by atoms with E-state index >= 15 is 0 Å². The Morgan fingerprint density at radius 2 is 1.74 bits per heavy atom. The van der Waals surface area contributed by atoms with Crippen LogP contribution in [-0.2, 0) is 24.2 Å². The third-order valence-corrected chi connectivity index (χ3v) is 6.47. The van der Waals surface area contributed by atoms with E-state index in [4.69, 9.17) is 9.72 Å². The second-order valence-electron chi connectivity index (χ2n) is 8.76. The minimum atomic E-state index is -0.272. The van der Waals surface area contributed by atoms with Crippen molar-refractivity contribution in [2.24, 2.45) is 0 Å². The number of halogens is 1. The number of amides is 1.